The molecule has 0 aromatic heterocycles. The quantitative estimate of drug-likeness (QED) is 0.816. The molecule has 2 aromatic carbocycles. The molecule has 2 aromatic rings. The van der Waals surface area contributed by atoms with Crippen molar-refractivity contribution in [3.63, 3.8) is 0 Å². The van der Waals surface area contributed by atoms with Crippen LogP contribution in [0.25, 0.3) is 0 Å². The molecule has 1 aliphatic heterocycles. The van der Waals surface area contributed by atoms with E-state index in [4.69, 9.17) is 5.73 Å². The number of nitrogens with zero attached hydrogens (tertiary/aromatic N) is 1. The molecular formula is C15H14N2O. The van der Waals surface area contributed by atoms with Crippen molar-refractivity contribution < 1.29 is 4.79 Å². The molecule has 0 atom stereocenters. The van der Waals surface area contributed by atoms with Crippen LogP contribution in [0.4, 0.5) is 11.4 Å². The Bertz CT molecular complexity index is 593. The van der Waals surface area contributed by atoms with Crippen molar-refractivity contribution >= 4 is 17.3 Å². The Hall–Kier alpha value is -2.29. The Kier molecular flexibility index (Phi) is 2.52. The van der Waals surface area contributed by atoms with E-state index in [9.17, 15) is 4.79 Å². The number of rotatable bonds is 2. The number of hydrogen-bond donors (Lipinski definition) is 1. The van der Waals surface area contributed by atoms with Crippen molar-refractivity contribution in [2.45, 2.75) is 13.0 Å². The molecule has 0 aliphatic carbocycles. The minimum absolute atomic E-state index is 0.138. The van der Waals surface area contributed by atoms with Crippen LogP contribution >= 0.6 is 0 Å². The van der Waals surface area contributed by atoms with Crippen LogP contribution in [-0.4, -0.2) is 5.91 Å². The highest BCUT2D eigenvalue weighted by Crippen LogP contribution is 2.31. The Labute approximate surface area is 106 Å². The predicted octanol–water partition coefficient (Wildman–Crippen LogP) is 2.36. The van der Waals surface area contributed by atoms with E-state index in [0.717, 1.165) is 16.8 Å². The molecule has 1 amide bonds. The SMILES string of the molecule is Nc1ccc2c(c1)CC(=O)N2Cc1ccccc1. The first-order valence-electron chi connectivity index (χ1n) is 5.97. The fraction of sp³-hybridized carbons (Fsp3) is 0.133. The summed E-state index contributed by atoms with van der Waals surface area (Å²) < 4.78 is 0. The zero-order valence-corrected chi connectivity index (χ0v) is 9.97. The van der Waals surface area contributed by atoms with E-state index in [-0.39, 0.29) is 5.91 Å². The number of nitrogens with two attached hydrogens (primary N) is 1. The monoisotopic (exact) mass is 238 g/mol. The van der Waals surface area contributed by atoms with Gasteiger partial charge in [0.25, 0.3) is 0 Å². The number of carbonyl (C=O) groups excluding carboxylic acids is 1. The molecule has 1 heterocycles. The molecule has 18 heavy (non-hydrogen) atoms. The van der Waals surface area contributed by atoms with Crippen LogP contribution in [0.15, 0.2) is 48.5 Å². The van der Waals surface area contributed by atoms with Crippen molar-refractivity contribution in [3.8, 4) is 0 Å². The average Bonchev–Trinajstić information content (AvgIpc) is 2.66. The summed E-state index contributed by atoms with van der Waals surface area (Å²) in [7, 11) is 0. The maximum atomic E-state index is 12.0. The van der Waals surface area contributed by atoms with Gasteiger partial charge in [-0.1, -0.05) is 30.3 Å². The molecule has 0 saturated heterocycles. The van der Waals surface area contributed by atoms with Gasteiger partial charge in [-0.25, -0.2) is 0 Å². The molecule has 0 spiro atoms. The van der Waals surface area contributed by atoms with Crippen molar-refractivity contribution in [1.82, 2.24) is 0 Å². The van der Waals surface area contributed by atoms with Crippen LogP contribution in [-0.2, 0) is 17.8 Å². The van der Waals surface area contributed by atoms with Crippen LogP contribution in [0.2, 0.25) is 0 Å². The van der Waals surface area contributed by atoms with Gasteiger partial charge >= 0.3 is 0 Å². The van der Waals surface area contributed by atoms with Crippen molar-refractivity contribution in [2.24, 2.45) is 0 Å². The third-order valence-electron chi connectivity index (χ3n) is 3.22. The van der Waals surface area contributed by atoms with Gasteiger partial charge in [0.05, 0.1) is 13.0 Å². The summed E-state index contributed by atoms with van der Waals surface area (Å²) in [5, 5.41) is 0. The lowest BCUT2D eigenvalue weighted by Crippen LogP contribution is -2.25. The van der Waals surface area contributed by atoms with Gasteiger partial charge in [0.2, 0.25) is 5.91 Å². The molecule has 3 nitrogen and oxygen atoms in total. The van der Waals surface area contributed by atoms with Gasteiger partial charge in [0, 0.05) is 11.4 Å². The normalized spacial score (nSPS) is 13.8. The highest BCUT2D eigenvalue weighted by Gasteiger charge is 2.26. The van der Waals surface area contributed by atoms with Gasteiger partial charge in [-0.05, 0) is 29.3 Å². The standard InChI is InChI=1S/C15H14N2O/c16-13-6-7-14-12(8-13)9-15(18)17(14)10-11-4-2-1-3-5-11/h1-8H,9-10,16H2. The fourth-order valence-electron chi connectivity index (χ4n) is 2.34. The average molecular weight is 238 g/mol. The van der Waals surface area contributed by atoms with Crippen molar-refractivity contribution in [2.75, 3.05) is 10.6 Å². The first-order valence-corrected chi connectivity index (χ1v) is 5.97. The third kappa shape index (κ3) is 1.84. The van der Waals surface area contributed by atoms with Gasteiger partial charge in [-0.3, -0.25) is 4.79 Å². The van der Waals surface area contributed by atoms with Crippen molar-refractivity contribution in [1.29, 1.82) is 0 Å². The summed E-state index contributed by atoms with van der Waals surface area (Å²) in [6, 6.07) is 15.7. The van der Waals surface area contributed by atoms with Crippen LogP contribution in [0.1, 0.15) is 11.1 Å². The maximum absolute atomic E-state index is 12.0. The summed E-state index contributed by atoms with van der Waals surface area (Å²) in [5.74, 6) is 0.138. The molecule has 3 rings (SSSR count). The number of nitrogen functional groups attached to an aromatic ring is 1. The van der Waals surface area contributed by atoms with Gasteiger partial charge < -0.3 is 10.6 Å². The molecule has 0 radical (unpaired) electrons. The summed E-state index contributed by atoms with van der Waals surface area (Å²) in [6.45, 7) is 0.622. The summed E-state index contributed by atoms with van der Waals surface area (Å²) >= 11 is 0. The molecule has 0 unspecified atom stereocenters. The van der Waals surface area contributed by atoms with Gasteiger partial charge in [0.15, 0.2) is 0 Å². The van der Waals surface area contributed by atoms with E-state index in [1.54, 1.807) is 0 Å². The number of hydrogen-bond acceptors (Lipinski definition) is 2. The summed E-state index contributed by atoms with van der Waals surface area (Å²) in [5.41, 5.74) is 9.60. The highest BCUT2D eigenvalue weighted by atomic mass is 16.2. The molecule has 0 saturated carbocycles. The second kappa shape index (κ2) is 4.18. The third-order valence-corrected chi connectivity index (χ3v) is 3.22. The molecule has 0 bridgehead atoms. The number of anilines is 2. The second-order valence-corrected chi connectivity index (χ2v) is 4.53. The fourth-order valence-corrected chi connectivity index (χ4v) is 2.34. The molecule has 90 valence electrons. The largest absolute Gasteiger partial charge is 0.399 e. The minimum atomic E-state index is 0.138. The molecule has 2 N–H and O–H groups in total. The number of amides is 1. The maximum Gasteiger partial charge on any atom is 0.231 e. The number of fused-ring (bicyclic) bond motifs is 1. The van der Waals surface area contributed by atoms with Gasteiger partial charge in [-0.2, -0.15) is 0 Å². The first kappa shape index (κ1) is 10.8. The van der Waals surface area contributed by atoms with Gasteiger partial charge in [0.1, 0.15) is 0 Å². The zero-order chi connectivity index (χ0) is 12.5. The number of carbonyl (C=O) groups is 1. The Morgan fingerprint density at radius 2 is 1.89 bits per heavy atom. The van der Waals surface area contributed by atoms with Gasteiger partial charge in [-0.15, -0.1) is 0 Å². The Morgan fingerprint density at radius 1 is 1.11 bits per heavy atom. The van der Waals surface area contributed by atoms with E-state index >= 15 is 0 Å². The van der Waals surface area contributed by atoms with E-state index in [0.29, 0.717) is 18.7 Å². The Morgan fingerprint density at radius 3 is 2.67 bits per heavy atom. The predicted molar refractivity (Wildman–Crippen MR) is 72.2 cm³/mol. The van der Waals surface area contributed by atoms with E-state index in [1.165, 1.54) is 0 Å². The summed E-state index contributed by atoms with van der Waals surface area (Å²) in [6.07, 6.45) is 0.452. The van der Waals surface area contributed by atoms with Crippen molar-refractivity contribution in [3.05, 3.63) is 59.7 Å². The first-order chi connectivity index (χ1) is 8.74. The molecular weight excluding hydrogens is 224 g/mol. The van der Waals surface area contributed by atoms with E-state index < -0.39 is 0 Å². The second-order valence-electron chi connectivity index (χ2n) is 4.53. The lowest BCUT2D eigenvalue weighted by Gasteiger charge is -2.17. The lowest BCUT2D eigenvalue weighted by molar-refractivity contribution is -0.117. The smallest absolute Gasteiger partial charge is 0.231 e. The van der Waals surface area contributed by atoms with Crippen LogP contribution in [0.5, 0.6) is 0 Å². The summed E-state index contributed by atoms with van der Waals surface area (Å²) in [4.78, 5) is 13.9. The van der Waals surface area contributed by atoms with E-state index in [1.807, 2.05) is 53.4 Å². The minimum Gasteiger partial charge on any atom is -0.399 e. The highest BCUT2D eigenvalue weighted by molar-refractivity contribution is 6.01. The molecule has 0 fully saturated rings. The molecule has 3 heteroatoms. The molecule has 1 aliphatic rings. The van der Waals surface area contributed by atoms with E-state index in [2.05, 4.69) is 0 Å². The van der Waals surface area contributed by atoms with Crippen LogP contribution in [0, 0.1) is 0 Å². The van der Waals surface area contributed by atoms with Crippen LogP contribution < -0.4 is 10.6 Å². The number of benzene rings is 2. The van der Waals surface area contributed by atoms with Crippen LogP contribution in [0.3, 0.4) is 0 Å². The Balaban J connectivity index is 1.93. The zero-order valence-electron chi connectivity index (χ0n) is 9.97. The lowest BCUT2D eigenvalue weighted by atomic mass is 10.1. The topological polar surface area (TPSA) is 46.3 Å².